The number of aromatic nitrogens is 2. The van der Waals surface area contributed by atoms with E-state index in [2.05, 4.69) is 27.1 Å². The first-order valence-corrected chi connectivity index (χ1v) is 5.97. The van der Waals surface area contributed by atoms with Crippen LogP contribution >= 0.6 is 0 Å². The van der Waals surface area contributed by atoms with E-state index in [0.717, 1.165) is 5.56 Å². The van der Waals surface area contributed by atoms with E-state index in [9.17, 15) is 4.79 Å². The zero-order valence-electron chi connectivity index (χ0n) is 10.9. The van der Waals surface area contributed by atoms with Crippen molar-refractivity contribution in [2.75, 3.05) is 11.9 Å². The molecule has 0 aliphatic carbocycles. The molecule has 1 aromatic carbocycles. The molecule has 1 heterocycles. The number of amides is 1. The summed E-state index contributed by atoms with van der Waals surface area (Å²) >= 11 is 0. The van der Waals surface area contributed by atoms with Crippen molar-refractivity contribution < 1.29 is 9.90 Å². The van der Waals surface area contributed by atoms with Crippen LogP contribution < -0.4 is 5.32 Å². The molecule has 2 aromatic rings. The highest BCUT2D eigenvalue weighted by Crippen LogP contribution is 2.13. The number of rotatable bonds is 2. The van der Waals surface area contributed by atoms with Crippen LogP contribution in [0.5, 0.6) is 0 Å². The lowest BCUT2D eigenvalue weighted by Gasteiger charge is -2.07. The number of nitrogens with zero attached hydrogens (tertiary/aromatic N) is 2. The molecular weight excluding hydrogens is 254 g/mol. The second-order valence-corrected chi connectivity index (χ2v) is 4.09. The number of aliphatic hydroxyl groups excluding tert-OH is 1. The van der Waals surface area contributed by atoms with Crippen LogP contribution in [0, 0.1) is 18.8 Å². The molecule has 0 aliphatic heterocycles. The van der Waals surface area contributed by atoms with E-state index in [0.29, 0.717) is 16.8 Å². The highest BCUT2D eigenvalue weighted by Gasteiger charge is 2.10. The van der Waals surface area contributed by atoms with Crippen LogP contribution in [0.4, 0.5) is 5.69 Å². The number of carbonyl (C=O) groups excluding carboxylic acids is 1. The Labute approximate surface area is 116 Å². The third-order valence-corrected chi connectivity index (χ3v) is 2.54. The van der Waals surface area contributed by atoms with E-state index in [1.165, 1.54) is 18.7 Å². The smallest absolute Gasteiger partial charge is 0.257 e. The molecular formula is C15H13N3O2. The van der Waals surface area contributed by atoms with Gasteiger partial charge in [-0.25, -0.2) is 9.97 Å². The first-order chi connectivity index (χ1) is 9.70. The average molecular weight is 267 g/mol. The van der Waals surface area contributed by atoms with E-state index >= 15 is 0 Å². The molecule has 0 aliphatic rings. The Morgan fingerprint density at radius 3 is 2.80 bits per heavy atom. The topological polar surface area (TPSA) is 75.1 Å². The van der Waals surface area contributed by atoms with Gasteiger partial charge in [-0.1, -0.05) is 17.9 Å². The summed E-state index contributed by atoms with van der Waals surface area (Å²) in [6.45, 7) is 1.67. The zero-order chi connectivity index (χ0) is 14.4. The molecule has 1 amide bonds. The molecule has 0 unspecified atom stereocenters. The Kier molecular flexibility index (Phi) is 4.43. The lowest BCUT2D eigenvalue weighted by molar-refractivity contribution is 0.102. The maximum Gasteiger partial charge on any atom is 0.257 e. The average Bonchev–Trinajstić information content (AvgIpc) is 2.46. The summed E-state index contributed by atoms with van der Waals surface area (Å²) in [6.07, 6.45) is 4.41. The van der Waals surface area contributed by atoms with Crippen molar-refractivity contribution in [1.82, 2.24) is 9.97 Å². The van der Waals surface area contributed by atoms with Crippen LogP contribution in [-0.2, 0) is 0 Å². The summed E-state index contributed by atoms with van der Waals surface area (Å²) in [7, 11) is 0. The van der Waals surface area contributed by atoms with Crippen molar-refractivity contribution in [3.8, 4) is 11.8 Å². The van der Waals surface area contributed by atoms with Gasteiger partial charge in [-0.05, 0) is 24.6 Å². The maximum atomic E-state index is 12.2. The minimum absolute atomic E-state index is 0.248. The van der Waals surface area contributed by atoms with Gasteiger partial charge in [-0.2, -0.15) is 0 Å². The lowest BCUT2D eigenvalue weighted by atomic mass is 10.0. The molecule has 1 aromatic heterocycles. The normalized spacial score (nSPS) is 9.50. The summed E-state index contributed by atoms with van der Waals surface area (Å²) in [5.74, 6) is 5.04. The number of benzene rings is 1. The third kappa shape index (κ3) is 3.40. The minimum atomic E-state index is -0.290. The molecule has 5 nitrogen and oxygen atoms in total. The lowest BCUT2D eigenvalue weighted by Crippen LogP contribution is -2.14. The summed E-state index contributed by atoms with van der Waals surface area (Å²) in [5.41, 5.74) is 2.53. The third-order valence-electron chi connectivity index (χ3n) is 2.54. The van der Waals surface area contributed by atoms with E-state index in [-0.39, 0.29) is 12.5 Å². The molecule has 0 atom stereocenters. The van der Waals surface area contributed by atoms with Crippen molar-refractivity contribution >= 4 is 11.6 Å². The molecule has 2 N–H and O–H groups in total. The fourth-order valence-electron chi connectivity index (χ4n) is 1.66. The molecule has 0 bridgehead atoms. The van der Waals surface area contributed by atoms with Crippen molar-refractivity contribution in [2.24, 2.45) is 0 Å². The quantitative estimate of drug-likeness (QED) is 0.806. The molecule has 20 heavy (non-hydrogen) atoms. The number of hydrogen-bond donors (Lipinski definition) is 2. The van der Waals surface area contributed by atoms with Crippen molar-refractivity contribution in [2.45, 2.75) is 6.92 Å². The van der Waals surface area contributed by atoms with Crippen LogP contribution in [0.15, 0.2) is 36.9 Å². The fourth-order valence-corrected chi connectivity index (χ4v) is 1.66. The summed E-state index contributed by atoms with van der Waals surface area (Å²) in [5, 5.41) is 11.5. The predicted molar refractivity (Wildman–Crippen MR) is 75.1 cm³/mol. The fraction of sp³-hybridized carbons (Fsp3) is 0.133. The van der Waals surface area contributed by atoms with E-state index < -0.39 is 0 Å². The molecule has 0 saturated carbocycles. The Morgan fingerprint density at radius 1 is 1.35 bits per heavy atom. The van der Waals surface area contributed by atoms with E-state index in [4.69, 9.17) is 5.11 Å². The Hall–Kier alpha value is -2.71. The van der Waals surface area contributed by atoms with Gasteiger partial charge >= 0.3 is 0 Å². The van der Waals surface area contributed by atoms with Crippen LogP contribution in [0.1, 0.15) is 21.5 Å². The van der Waals surface area contributed by atoms with Crippen molar-refractivity contribution in [3.63, 3.8) is 0 Å². The van der Waals surface area contributed by atoms with Gasteiger partial charge in [-0.15, -0.1) is 0 Å². The second kappa shape index (κ2) is 6.45. The Balaban J connectivity index is 2.30. The molecule has 0 spiro atoms. The zero-order valence-corrected chi connectivity index (χ0v) is 10.9. The van der Waals surface area contributed by atoms with E-state index in [1.807, 2.05) is 13.0 Å². The van der Waals surface area contributed by atoms with Gasteiger partial charge in [0.1, 0.15) is 12.9 Å². The molecule has 0 fully saturated rings. The van der Waals surface area contributed by atoms with Crippen LogP contribution in [-0.4, -0.2) is 27.6 Å². The van der Waals surface area contributed by atoms with Crippen molar-refractivity contribution in [1.29, 1.82) is 0 Å². The highest BCUT2D eigenvalue weighted by atomic mass is 16.2. The predicted octanol–water partition coefficient (Wildman–Crippen LogP) is 1.38. The van der Waals surface area contributed by atoms with Crippen LogP contribution in [0.3, 0.4) is 0 Å². The molecule has 2 rings (SSSR count). The molecule has 0 saturated heterocycles. The summed E-state index contributed by atoms with van der Waals surface area (Å²) in [4.78, 5) is 19.9. The van der Waals surface area contributed by atoms with Gasteiger partial charge in [0, 0.05) is 5.56 Å². The van der Waals surface area contributed by atoms with Crippen molar-refractivity contribution in [3.05, 3.63) is 53.6 Å². The summed E-state index contributed by atoms with van der Waals surface area (Å²) in [6, 6.07) is 5.34. The maximum absolute atomic E-state index is 12.2. The SMILES string of the molecule is Cc1ccc(C(=O)Nc2cncnc2)c(C#CCO)c1. The van der Waals surface area contributed by atoms with Crippen LogP contribution in [0.2, 0.25) is 0 Å². The number of hydrogen-bond acceptors (Lipinski definition) is 4. The molecule has 100 valence electrons. The Bertz CT molecular complexity index is 673. The van der Waals surface area contributed by atoms with Gasteiger partial charge in [-0.3, -0.25) is 4.79 Å². The highest BCUT2D eigenvalue weighted by molar-refractivity contribution is 6.05. The van der Waals surface area contributed by atoms with Gasteiger partial charge in [0.05, 0.1) is 23.6 Å². The van der Waals surface area contributed by atoms with Crippen LogP contribution in [0.25, 0.3) is 0 Å². The first kappa shape index (κ1) is 13.7. The second-order valence-electron chi connectivity index (χ2n) is 4.09. The van der Waals surface area contributed by atoms with Gasteiger partial charge in [0.2, 0.25) is 0 Å². The minimum Gasteiger partial charge on any atom is -0.384 e. The largest absolute Gasteiger partial charge is 0.384 e. The monoisotopic (exact) mass is 267 g/mol. The van der Waals surface area contributed by atoms with Gasteiger partial charge < -0.3 is 10.4 Å². The molecule has 5 heteroatoms. The number of anilines is 1. The Morgan fingerprint density at radius 2 is 2.10 bits per heavy atom. The number of aliphatic hydroxyl groups is 1. The van der Waals surface area contributed by atoms with Gasteiger partial charge in [0.25, 0.3) is 5.91 Å². The standard InChI is InChI=1S/C15H13N3O2/c1-11-4-5-14(12(7-11)3-2-6-19)15(20)18-13-8-16-10-17-9-13/h4-5,7-10,19H,6H2,1H3,(H,18,20). The molecule has 0 radical (unpaired) electrons. The van der Waals surface area contributed by atoms with Gasteiger partial charge in [0.15, 0.2) is 0 Å². The first-order valence-electron chi connectivity index (χ1n) is 5.97. The number of aryl methyl sites for hydroxylation is 1. The number of nitrogens with one attached hydrogen (secondary N) is 1. The summed E-state index contributed by atoms with van der Waals surface area (Å²) < 4.78 is 0. The number of carbonyl (C=O) groups is 1. The van der Waals surface area contributed by atoms with E-state index in [1.54, 1.807) is 12.1 Å².